The monoisotopic (exact) mass is 348 g/mol. The zero-order valence-corrected chi connectivity index (χ0v) is 13.1. The van der Waals surface area contributed by atoms with E-state index in [-0.39, 0.29) is 11.6 Å². The van der Waals surface area contributed by atoms with E-state index in [4.69, 9.17) is 0 Å². The zero-order valence-electron chi connectivity index (χ0n) is 11.5. The maximum atomic E-state index is 12.1. The Morgan fingerprint density at radius 3 is 2.62 bits per heavy atom. The number of aromatic nitrogens is 1. The number of esters is 1. The third-order valence-corrected chi connectivity index (χ3v) is 3.79. The molecule has 0 atom stereocenters. The Hall–Kier alpha value is -2.21. The van der Waals surface area contributed by atoms with Gasteiger partial charge in [0, 0.05) is 16.4 Å². The number of carbonyl (C=O) groups excluding carboxylic acids is 2. The molecule has 6 heteroatoms. The molecule has 1 heterocycles. The molecule has 1 aromatic carbocycles. The van der Waals surface area contributed by atoms with Crippen molar-refractivity contribution in [3.05, 3.63) is 57.8 Å². The van der Waals surface area contributed by atoms with Gasteiger partial charge in [0.2, 0.25) is 0 Å². The van der Waals surface area contributed by atoms with Crippen molar-refractivity contribution in [1.29, 1.82) is 0 Å². The molecule has 0 aliphatic rings. The van der Waals surface area contributed by atoms with Crippen LogP contribution in [-0.4, -0.2) is 24.0 Å². The lowest BCUT2D eigenvalue weighted by Crippen LogP contribution is -2.15. The first-order valence-electron chi connectivity index (χ1n) is 6.13. The van der Waals surface area contributed by atoms with Crippen LogP contribution in [0, 0.1) is 6.92 Å². The highest BCUT2D eigenvalue weighted by Crippen LogP contribution is 2.23. The molecular weight excluding hydrogens is 336 g/mol. The molecule has 0 radical (unpaired) electrons. The van der Waals surface area contributed by atoms with Gasteiger partial charge in [-0.25, -0.2) is 4.79 Å². The molecule has 0 saturated heterocycles. The first-order chi connectivity index (χ1) is 10.0. The molecule has 108 valence electrons. The van der Waals surface area contributed by atoms with Crippen molar-refractivity contribution < 1.29 is 14.3 Å². The summed E-state index contributed by atoms with van der Waals surface area (Å²) in [5, 5.41) is 2.78. The highest BCUT2D eigenvalue weighted by molar-refractivity contribution is 9.10. The van der Waals surface area contributed by atoms with Crippen molar-refractivity contribution in [2.75, 3.05) is 12.4 Å². The maximum absolute atomic E-state index is 12.1. The van der Waals surface area contributed by atoms with Crippen LogP contribution in [0.4, 0.5) is 5.69 Å². The van der Waals surface area contributed by atoms with E-state index >= 15 is 0 Å². The second-order valence-electron chi connectivity index (χ2n) is 4.29. The normalized spacial score (nSPS) is 10.0. The van der Waals surface area contributed by atoms with Crippen LogP contribution in [0.2, 0.25) is 0 Å². The highest BCUT2D eigenvalue weighted by atomic mass is 79.9. The summed E-state index contributed by atoms with van der Waals surface area (Å²) < 4.78 is 5.49. The summed E-state index contributed by atoms with van der Waals surface area (Å²) in [4.78, 5) is 27.4. The van der Waals surface area contributed by atoms with Crippen molar-refractivity contribution in [3.63, 3.8) is 0 Å². The van der Waals surface area contributed by atoms with E-state index in [1.165, 1.54) is 25.4 Å². The number of rotatable bonds is 3. The number of nitrogens with one attached hydrogen (secondary N) is 1. The molecule has 2 rings (SSSR count). The smallest absolute Gasteiger partial charge is 0.339 e. The lowest BCUT2D eigenvalue weighted by Gasteiger charge is -2.09. The topological polar surface area (TPSA) is 68.3 Å². The Morgan fingerprint density at radius 2 is 2.00 bits per heavy atom. The van der Waals surface area contributed by atoms with E-state index in [0.717, 1.165) is 10.0 Å². The van der Waals surface area contributed by atoms with E-state index in [1.807, 2.05) is 19.1 Å². The number of benzene rings is 1. The molecular formula is C15H13BrN2O3. The van der Waals surface area contributed by atoms with Gasteiger partial charge in [0.05, 0.1) is 12.7 Å². The Bertz CT molecular complexity index is 684. The molecule has 0 saturated carbocycles. The number of nitrogens with zero attached hydrogens (tertiary/aromatic N) is 1. The first kappa shape index (κ1) is 15.2. The van der Waals surface area contributed by atoms with Gasteiger partial charge in [-0.05, 0) is 36.8 Å². The van der Waals surface area contributed by atoms with E-state index in [1.54, 1.807) is 6.07 Å². The van der Waals surface area contributed by atoms with Crippen molar-refractivity contribution in [3.8, 4) is 0 Å². The molecule has 0 spiro atoms. The van der Waals surface area contributed by atoms with Crippen LogP contribution in [0.3, 0.4) is 0 Å². The van der Waals surface area contributed by atoms with E-state index in [9.17, 15) is 9.59 Å². The average Bonchev–Trinajstić information content (AvgIpc) is 2.51. The third kappa shape index (κ3) is 3.46. The van der Waals surface area contributed by atoms with Crippen LogP contribution in [0.15, 0.2) is 41.0 Å². The van der Waals surface area contributed by atoms with Crippen LogP contribution in [-0.2, 0) is 4.74 Å². The van der Waals surface area contributed by atoms with Crippen molar-refractivity contribution in [1.82, 2.24) is 4.98 Å². The van der Waals surface area contributed by atoms with Gasteiger partial charge in [-0.15, -0.1) is 0 Å². The summed E-state index contributed by atoms with van der Waals surface area (Å²) in [6.07, 6.45) is 1.31. The molecule has 1 aromatic heterocycles. The Kier molecular flexibility index (Phi) is 4.70. The lowest BCUT2D eigenvalue weighted by molar-refractivity contribution is 0.0600. The number of ether oxygens (including phenoxy) is 1. The molecule has 1 amide bonds. The minimum atomic E-state index is -0.489. The minimum absolute atomic E-state index is 0.224. The summed E-state index contributed by atoms with van der Waals surface area (Å²) in [5.41, 5.74) is 2.15. The Morgan fingerprint density at radius 1 is 1.24 bits per heavy atom. The zero-order chi connectivity index (χ0) is 15.4. The van der Waals surface area contributed by atoms with E-state index < -0.39 is 5.97 Å². The molecule has 0 bridgehead atoms. The summed E-state index contributed by atoms with van der Waals surface area (Å²) in [6.45, 7) is 1.90. The van der Waals surface area contributed by atoms with Crippen LogP contribution in [0.1, 0.15) is 26.4 Å². The summed E-state index contributed by atoms with van der Waals surface area (Å²) in [7, 11) is 1.29. The predicted molar refractivity (Wildman–Crippen MR) is 82.4 cm³/mol. The molecule has 2 aromatic rings. The number of pyridine rings is 1. The van der Waals surface area contributed by atoms with Gasteiger partial charge >= 0.3 is 5.97 Å². The standard InChI is InChI=1S/C15H13BrN2O3/c1-9-11(16)4-3-5-12(9)18-14(19)13-7-6-10(8-17-13)15(20)21-2/h3-8H,1-2H3,(H,18,19). The second kappa shape index (κ2) is 6.49. The fourth-order valence-electron chi connectivity index (χ4n) is 1.70. The summed E-state index contributed by atoms with van der Waals surface area (Å²) >= 11 is 3.41. The molecule has 1 N–H and O–H groups in total. The van der Waals surface area contributed by atoms with E-state index in [2.05, 4.69) is 31.0 Å². The van der Waals surface area contributed by atoms with Gasteiger partial charge in [0.15, 0.2) is 0 Å². The molecule has 0 aliphatic heterocycles. The number of carbonyl (C=O) groups is 2. The molecule has 5 nitrogen and oxygen atoms in total. The fourth-order valence-corrected chi connectivity index (χ4v) is 2.06. The molecule has 21 heavy (non-hydrogen) atoms. The van der Waals surface area contributed by atoms with Gasteiger partial charge < -0.3 is 10.1 Å². The molecule has 0 aliphatic carbocycles. The van der Waals surface area contributed by atoms with Crippen LogP contribution in [0.25, 0.3) is 0 Å². The van der Waals surface area contributed by atoms with Gasteiger partial charge in [-0.2, -0.15) is 0 Å². The van der Waals surface area contributed by atoms with Gasteiger partial charge in [-0.3, -0.25) is 9.78 Å². The van der Waals surface area contributed by atoms with Crippen LogP contribution in [0.5, 0.6) is 0 Å². The number of hydrogen-bond donors (Lipinski definition) is 1. The number of hydrogen-bond acceptors (Lipinski definition) is 4. The number of anilines is 1. The third-order valence-electron chi connectivity index (χ3n) is 2.93. The van der Waals surface area contributed by atoms with Crippen LogP contribution < -0.4 is 5.32 Å². The van der Waals surface area contributed by atoms with Gasteiger partial charge in [-0.1, -0.05) is 22.0 Å². The van der Waals surface area contributed by atoms with Gasteiger partial charge in [0.25, 0.3) is 5.91 Å². The predicted octanol–water partition coefficient (Wildman–Crippen LogP) is 3.19. The lowest BCUT2D eigenvalue weighted by atomic mass is 10.2. The maximum Gasteiger partial charge on any atom is 0.339 e. The average molecular weight is 349 g/mol. The number of halogens is 1. The fraction of sp³-hybridized carbons (Fsp3) is 0.133. The number of methoxy groups -OCH3 is 1. The largest absolute Gasteiger partial charge is 0.465 e. The van der Waals surface area contributed by atoms with E-state index in [0.29, 0.717) is 11.3 Å². The Balaban J connectivity index is 2.17. The Labute approximate surface area is 130 Å². The summed E-state index contributed by atoms with van der Waals surface area (Å²) in [6, 6.07) is 8.52. The molecule has 0 unspecified atom stereocenters. The molecule has 0 fully saturated rings. The van der Waals surface area contributed by atoms with Crippen molar-refractivity contribution in [2.24, 2.45) is 0 Å². The summed E-state index contributed by atoms with van der Waals surface area (Å²) in [5.74, 6) is -0.829. The quantitative estimate of drug-likeness (QED) is 0.865. The minimum Gasteiger partial charge on any atom is -0.465 e. The highest BCUT2D eigenvalue weighted by Gasteiger charge is 2.12. The van der Waals surface area contributed by atoms with Crippen molar-refractivity contribution >= 4 is 33.5 Å². The number of amides is 1. The van der Waals surface area contributed by atoms with Gasteiger partial charge in [0.1, 0.15) is 5.69 Å². The van der Waals surface area contributed by atoms with Crippen LogP contribution >= 0.6 is 15.9 Å². The second-order valence-corrected chi connectivity index (χ2v) is 5.14. The van der Waals surface area contributed by atoms with Crippen molar-refractivity contribution in [2.45, 2.75) is 6.92 Å². The first-order valence-corrected chi connectivity index (χ1v) is 6.93. The SMILES string of the molecule is COC(=O)c1ccc(C(=O)Nc2cccc(Br)c2C)nc1.